The van der Waals surface area contributed by atoms with Gasteiger partial charge < -0.3 is 4.90 Å². The van der Waals surface area contributed by atoms with E-state index >= 15 is 0 Å². The molecular weight excluding hydrogens is 383 g/mol. The lowest BCUT2D eigenvalue weighted by Gasteiger charge is -2.18. The highest BCUT2D eigenvalue weighted by molar-refractivity contribution is 6.05. The summed E-state index contributed by atoms with van der Waals surface area (Å²) >= 11 is 0. The fraction of sp³-hybridized carbons (Fsp3) is 0.190. The molecule has 0 atom stereocenters. The Balaban J connectivity index is 1.78. The summed E-state index contributed by atoms with van der Waals surface area (Å²) in [4.78, 5) is 27.0. The van der Waals surface area contributed by atoms with Crippen LogP contribution in [0.2, 0.25) is 0 Å². The number of rotatable bonds is 2. The van der Waals surface area contributed by atoms with Crippen molar-refractivity contribution in [2.45, 2.75) is 19.5 Å². The van der Waals surface area contributed by atoms with E-state index in [-0.39, 0.29) is 11.4 Å². The van der Waals surface area contributed by atoms with Crippen molar-refractivity contribution in [1.29, 1.82) is 0 Å². The molecule has 1 aliphatic heterocycles. The number of carbonyl (C=O) groups excluding carboxylic acids is 1. The minimum Gasteiger partial charge on any atom is -0.306 e. The van der Waals surface area contributed by atoms with Gasteiger partial charge in [-0.15, -0.1) is 0 Å². The number of fused-ring (bicyclic) bond motifs is 1. The van der Waals surface area contributed by atoms with Crippen molar-refractivity contribution in [3.8, 4) is 5.69 Å². The van der Waals surface area contributed by atoms with Crippen molar-refractivity contribution < 1.29 is 18.0 Å². The lowest BCUT2D eigenvalue weighted by Crippen LogP contribution is -2.35. The molecule has 0 saturated carbocycles. The van der Waals surface area contributed by atoms with E-state index in [1.54, 1.807) is 19.1 Å². The molecule has 29 heavy (non-hydrogen) atoms. The molecule has 148 valence electrons. The van der Waals surface area contributed by atoms with E-state index in [2.05, 4.69) is 5.10 Å². The van der Waals surface area contributed by atoms with Gasteiger partial charge in [-0.25, -0.2) is 4.68 Å². The largest absolute Gasteiger partial charge is 0.416 e. The van der Waals surface area contributed by atoms with Crippen molar-refractivity contribution in [1.82, 2.24) is 9.78 Å². The van der Waals surface area contributed by atoms with Crippen LogP contribution in [0.1, 0.15) is 27.3 Å². The molecule has 0 radical (unpaired) electrons. The molecule has 2 heterocycles. The standard InChI is InChI=1S/C21H16F3N3O2/c1-13-11-18(28)19(20(29)26-10-9-14-5-2-3-8-17(14)26)25-27(13)16-7-4-6-15(12-16)21(22,23)24/h2-8,11-12H,9-10H2,1H3. The highest BCUT2D eigenvalue weighted by atomic mass is 19.4. The van der Waals surface area contributed by atoms with Gasteiger partial charge in [-0.3, -0.25) is 9.59 Å². The SMILES string of the molecule is Cc1cc(=O)c(C(=O)N2CCc3ccccc32)nn1-c1cccc(C(F)(F)F)c1. The maximum atomic E-state index is 13.1. The van der Waals surface area contributed by atoms with E-state index in [0.717, 1.165) is 17.7 Å². The van der Waals surface area contributed by atoms with Crippen LogP contribution in [0.15, 0.2) is 59.4 Å². The Morgan fingerprint density at radius 1 is 1.07 bits per heavy atom. The highest BCUT2D eigenvalue weighted by Crippen LogP contribution is 2.31. The first-order chi connectivity index (χ1) is 13.8. The summed E-state index contributed by atoms with van der Waals surface area (Å²) in [6, 6.07) is 13.2. The second-order valence-corrected chi connectivity index (χ2v) is 6.79. The zero-order valence-electron chi connectivity index (χ0n) is 15.4. The number of aromatic nitrogens is 2. The predicted molar refractivity (Wildman–Crippen MR) is 101 cm³/mol. The Bertz CT molecular complexity index is 1170. The Morgan fingerprint density at radius 2 is 1.83 bits per heavy atom. The maximum absolute atomic E-state index is 13.1. The Hall–Kier alpha value is -3.42. The summed E-state index contributed by atoms with van der Waals surface area (Å²) in [6.45, 7) is 1.96. The van der Waals surface area contributed by atoms with Crippen LogP contribution in [0.5, 0.6) is 0 Å². The molecule has 0 saturated heterocycles. The average Bonchev–Trinajstić information content (AvgIpc) is 3.11. The molecule has 0 unspecified atom stereocenters. The molecule has 1 aromatic heterocycles. The summed E-state index contributed by atoms with van der Waals surface area (Å²) in [5.41, 5.74) is 0.415. The van der Waals surface area contributed by atoms with Crippen LogP contribution in [-0.4, -0.2) is 22.2 Å². The minimum absolute atomic E-state index is 0.119. The van der Waals surface area contributed by atoms with Gasteiger partial charge in [-0.2, -0.15) is 18.3 Å². The van der Waals surface area contributed by atoms with Gasteiger partial charge in [0.05, 0.1) is 11.3 Å². The topological polar surface area (TPSA) is 55.2 Å². The molecule has 0 N–H and O–H groups in total. The fourth-order valence-electron chi connectivity index (χ4n) is 3.45. The summed E-state index contributed by atoms with van der Waals surface area (Å²) in [7, 11) is 0. The summed E-state index contributed by atoms with van der Waals surface area (Å²) < 4.78 is 40.4. The average molecular weight is 399 g/mol. The van der Waals surface area contributed by atoms with E-state index < -0.39 is 23.1 Å². The van der Waals surface area contributed by atoms with Gasteiger partial charge in [0.1, 0.15) is 0 Å². The van der Waals surface area contributed by atoms with E-state index in [1.807, 2.05) is 12.1 Å². The number of anilines is 1. The monoisotopic (exact) mass is 399 g/mol. The van der Waals surface area contributed by atoms with Crippen LogP contribution < -0.4 is 10.3 Å². The number of carbonyl (C=O) groups is 1. The van der Waals surface area contributed by atoms with Gasteiger partial charge in [-0.1, -0.05) is 24.3 Å². The lowest BCUT2D eigenvalue weighted by molar-refractivity contribution is -0.137. The first-order valence-corrected chi connectivity index (χ1v) is 8.94. The van der Waals surface area contributed by atoms with Crippen LogP contribution in [0.25, 0.3) is 5.69 Å². The van der Waals surface area contributed by atoms with Gasteiger partial charge in [-0.05, 0) is 43.2 Å². The van der Waals surface area contributed by atoms with Gasteiger partial charge in [0, 0.05) is 24.0 Å². The lowest BCUT2D eigenvalue weighted by atomic mass is 10.2. The van der Waals surface area contributed by atoms with Crippen molar-refractivity contribution in [2.24, 2.45) is 0 Å². The highest BCUT2D eigenvalue weighted by Gasteiger charge is 2.31. The Labute approximate surface area is 164 Å². The molecular formula is C21H16F3N3O2. The number of aryl methyl sites for hydroxylation is 1. The normalized spacial score (nSPS) is 13.4. The van der Waals surface area contributed by atoms with E-state index in [4.69, 9.17) is 0 Å². The van der Waals surface area contributed by atoms with Gasteiger partial charge in [0.15, 0.2) is 5.69 Å². The fourth-order valence-corrected chi connectivity index (χ4v) is 3.45. The van der Waals surface area contributed by atoms with Crippen LogP contribution in [-0.2, 0) is 12.6 Å². The van der Waals surface area contributed by atoms with E-state index in [9.17, 15) is 22.8 Å². The zero-order valence-corrected chi connectivity index (χ0v) is 15.4. The number of halogens is 3. The number of benzene rings is 2. The number of para-hydroxylation sites is 1. The molecule has 3 aromatic rings. The van der Waals surface area contributed by atoms with Gasteiger partial charge in [0.25, 0.3) is 5.91 Å². The number of hydrogen-bond donors (Lipinski definition) is 0. The van der Waals surface area contributed by atoms with Crippen molar-refractivity contribution >= 4 is 11.6 Å². The molecule has 8 heteroatoms. The number of alkyl halides is 3. The molecule has 0 bridgehead atoms. The van der Waals surface area contributed by atoms with E-state index in [0.29, 0.717) is 24.3 Å². The third kappa shape index (κ3) is 3.41. The summed E-state index contributed by atoms with van der Waals surface area (Å²) in [6.07, 6.45) is -3.85. The van der Waals surface area contributed by atoms with Crippen LogP contribution in [0.3, 0.4) is 0 Å². The Kier molecular flexibility index (Phi) is 4.49. The number of nitrogens with zero attached hydrogens (tertiary/aromatic N) is 3. The van der Waals surface area contributed by atoms with E-state index in [1.165, 1.54) is 27.8 Å². The zero-order chi connectivity index (χ0) is 20.8. The number of hydrogen-bond acceptors (Lipinski definition) is 3. The molecule has 2 aromatic carbocycles. The summed E-state index contributed by atoms with van der Waals surface area (Å²) in [5.74, 6) is -0.569. The maximum Gasteiger partial charge on any atom is 0.416 e. The molecule has 1 aliphatic rings. The smallest absolute Gasteiger partial charge is 0.306 e. The second kappa shape index (κ2) is 6.88. The minimum atomic E-state index is -4.51. The third-order valence-corrected chi connectivity index (χ3v) is 4.86. The molecule has 0 fully saturated rings. The predicted octanol–water partition coefficient (Wildman–Crippen LogP) is 3.76. The van der Waals surface area contributed by atoms with Crippen LogP contribution in [0, 0.1) is 6.92 Å². The quantitative estimate of drug-likeness (QED) is 0.659. The Morgan fingerprint density at radius 3 is 2.59 bits per heavy atom. The molecule has 0 aliphatic carbocycles. The van der Waals surface area contributed by atoms with Gasteiger partial charge >= 0.3 is 6.18 Å². The summed E-state index contributed by atoms with van der Waals surface area (Å²) in [5, 5.41) is 4.13. The first kappa shape index (κ1) is 18.9. The second-order valence-electron chi connectivity index (χ2n) is 6.79. The molecule has 4 rings (SSSR count). The van der Waals surface area contributed by atoms with Crippen molar-refractivity contribution in [3.05, 3.63) is 87.3 Å². The van der Waals surface area contributed by atoms with Crippen molar-refractivity contribution in [3.63, 3.8) is 0 Å². The molecule has 5 nitrogen and oxygen atoms in total. The number of amides is 1. The molecule has 0 spiro atoms. The van der Waals surface area contributed by atoms with Crippen LogP contribution >= 0.6 is 0 Å². The van der Waals surface area contributed by atoms with Crippen molar-refractivity contribution in [2.75, 3.05) is 11.4 Å². The molecule has 1 amide bonds. The van der Waals surface area contributed by atoms with Gasteiger partial charge in [0.2, 0.25) is 5.43 Å². The first-order valence-electron chi connectivity index (χ1n) is 8.94. The third-order valence-electron chi connectivity index (χ3n) is 4.86. The van der Waals surface area contributed by atoms with Crippen LogP contribution in [0.4, 0.5) is 18.9 Å².